The van der Waals surface area contributed by atoms with Crippen molar-refractivity contribution in [3.8, 4) is 0 Å². The van der Waals surface area contributed by atoms with Gasteiger partial charge in [-0.25, -0.2) is 0 Å². The first-order valence-corrected chi connectivity index (χ1v) is 7.17. The molecule has 0 heterocycles. The van der Waals surface area contributed by atoms with Gasteiger partial charge >= 0.3 is 0 Å². The van der Waals surface area contributed by atoms with Crippen molar-refractivity contribution in [2.24, 2.45) is 5.92 Å². The van der Waals surface area contributed by atoms with Crippen LogP contribution in [0.5, 0.6) is 0 Å². The third-order valence-electron chi connectivity index (χ3n) is 3.09. The second kappa shape index (κ2) is 12.3. The van der Waals surface area contributed by atoms with Crippen molar-refractivity contribution < 1.29 is 4.74 Å². The average Bonchev–Trinajstić information content (AvgIpc) is 2.32. The molecule has 104 valence electrons. The Kier molecular flexibility index (Phi) is 12.3. The van der Waals surface area contributed by atoms with Crippen molar-refractivity contribution in [2.75, 3.05) is 46.4 Å². The molecule has 0 aromatic carbocycles. The zero-order valence-electron chi connectivity index (χ0n) is 12.3. The molecule has 0 rings (SSSR count). The topological polar surface area (TPSA) is 24.5 Å². The summed E-state index contributed by atoms with van der Waals surface area (Å²) in [5.74, 6) is 0.811. The first-order chi connectivity index (χ1) is 8.20. The van der Waals surface area contributed by atoms with E-state index in [0.717, 1.165) is 38.8 Å². The molecule has 0 spiro atoms. The van der Waals surface area contributed by atoms with Crippen LogP contribution in [0.2, 0.25) is 0 Å². The Morgan fingerprint density at radius 2 is 1.94 bits per heavy atom. The van der Waals surface area contributed by atoms with Gasteiger partial charge in [0.15, 0.2) is 0 Å². The minimum Gasteiger partial charge on any atom is -0.382 e. The molecule has 0 aromatic heterocycles. The lowest BCUT2D eigenvalue weighted by molar-refractivity contribution is 0.143. The molecule has 0 aromatic rings. The number of nitrogens with one attached hydrogen (secondary N) is 1. The summed E-state index contributed by atoms with van der Waals surface area (Å²) in [7, 11) is 2.21. The van der Waals surface area contributed by atoms with Crippen LogP contribution in [0.3, 0.4) is 0 Å². The molecule has 0 aliphatic heterocycles. The van der Waals surface area contributed by atoms with Gasteiger partial charge in [-0.3, -0.25) is 0 Å². The van der Waals surface area contributed by atoms with E-state index in [1.54, 1.807) is 0 Å². The van der Waals surface area contributed by atoms with Crippen LogP contribution in [-0.4, -0.2) is 51.3 Å². The molecular formula is C14H32N2O. The molecule has 0 saturated heterocycles. The lowest BCUT2D eigenvalue weighted by Crippen LogP contribution is -2.32. The van der Waals surface area contributed by atoms with E-state index in [1.807, 2.05) is 6.92 Å². The van der Waals surface area contributed by atoms with Crippen LogP contribution in [0, 0.1) is 5.92 Å². The molecule has 0 fully saturated rings. The average molecular weight is 244 g/mol. The zero-order valence-corrected chi connectivity index (χ0v) is 12.3. The van der Waals surface area contributed by atoms with E-state index in [4.69, 9.17) is 4.74 Å². The standard InChI is InChI=1S/C14H32N2O/c1-5-14(3)13-16(4)11-10-15-9-7-8-12-17-6-2/h14-15H,5-13H2,1-4H3. The number of rotatable bonds is 12. The second-order valence-electron chi connectivity index (χ2n) is 4.93. The highest BCUT2D eigenvalue weighted by molar-refractivity contribution is 4.59. The zero-order chi connectivity index (χ0) is 12.9. The molecule has 3 nitrogen and oxygen atoms in total. The number of likely N-dealkylation sites (N-methyl/N-ethyl adjacent to an activating group) is 1. The lowest BCUT2D eigenvalue weighted by Gasteiger charge is -2.20. The van der Waals surface area contributed by atoms with Crippen molar-refractivity contribution in [1.82, 2.24) is 10.2 Å². The van der Waals surface area contributed by atoms with Gasteiger partial charge in [-0.2, -0.15) is 0 Å². The van der Waals surface area contributed by atoms with E-state index in [1.165, 1.54) is 25.8 Å². The SMILES string of the molecule is CCOCCCCNCCN(C)CC(C)CC. The lowest BCUT2D eigenvalue weighted by atomic mass is 10.1. The Labute approximate surface area is 108 Å². The maximum absolute atomic E-state index is 5.30. The van der Waals surface area contributed by atoms with Crippen molar-refractivity contribution in [1.29, 1.82) is 0 Å². The van der Waals surface area contributed by atoms with E-state index >= 15 is 0 Å². The molecule has 17 heavy (non-hydrogen) atoms. The molecule has 0 amide bonds. The molecule has 1 N–H and O–H groups in total. The first-order valence-electron chi connectivity index (χ1n) is 7.17. The highest BCUT2D eigenvalue weighted by atomic mass is 16.5. The molecule has 3 heteroatoms. The van der Waals surface area contributed by atoms with Crippen molar-refractivity contribution in [3.63, 3.8) is 0 Å². The van der Waals surface area contributed by atoms with Crippen LogP contribution in [0.1, 0.15) is 40.0 Å². The normalized spacial score (nSPS) is 13.2. The quantitative estimate of drug-likeness (QED) is 0.533. The van der Waals surface area contributed by atoms with Crippen LogP contribution in [0.15, 0.2) is 0 Å². The maximum Gasteiger partial charge on any atom is 0.0466 e. The number of hydrogen-bond donors (Lipinski definition) is 1. The van der Waals surface area contributed by atoms with Crippen LogP contribution in [-0.2, 0) is 4.74 Å². The van der Waals surface area contributed by atoms with Crippen molar-refractivity contribution >= 4 is 0 Å². The van der Waals surface area contributed by atoms with E-state index in [-0.39, 0.29) is 0 Å². The number of nitrogens with zero attached hydrogens (tertiary/aromatic N) is 1. The molecule has 0 bridgehead atoms. The second-order valence-corrected chi connectivity index (χ2v) is 4.93. The summed E-state index contributed by atoms with van der Waals surface area (Å²) < 4.78 is 5.30. The summed E-state index contributed by atoms with van der Waals surface area (Å²) in [5, 5.41) is 3.49. The number of unbranched alkanes of at least 4 members (excludes halogenated alkanes) is 1. The van der Waals surface area contributed by atoms with E-state index in [2.05, 4.69) is 31.1 Å². The first kappa shape index (κ1) is 16.9. The molecule has 0 aliphatic rings. The van der Waals surface area contributed by atoms with Crippen molar-refractivity contribution in [3.05, 3.63) is 0 Å². The molecule has 0 aliphatic carbocycles. The highest BCUT2D eigenvalue weighted by Gasteiger charge is 2.03. The van der Waals surface area contributed by atoms with E-state index in [0.29, 0.717) is 0 Å². The fourth-order valence-corrected chi connectivity index (χ4v) is 1.75. The van der Waals surface area contributed by atoms with Crippen LogP contribution < -0.4 is 5.32 Å². The third-order valence-corrected chi connectivity index (χ3v) is 3.09. The molecule has 1 unspecified atom stereocenters. The molecular weight excluding hydrogens is 212 g/mol. The number of ether oxygens (including phenoxy) is 1. The third kappa shape index (κ3) is 12.1. The summed E-state index contributed by atoms with van der Waals surface area (Å²) in [4.78, 5) is 2.42. The van der Waals surface area contributed by atoms with Gasteiger partial charge in [-0.15, -0.1) is 0 Å². The van der Waals surface area contributed by atoms with Gasteiger partial charge < -0.3 is 15.0 Å². The Hall–Kier alpha value is -0.120. The molecule has 0 saturated carbocycles. The Balaban J connectivity index is 3.16. The Bertz CT molecular complexity index is 153. The predicted molar refractivity (Wildman–Crippen MR) is 75.5 cm³/mol. The van der Waals surface area contributed by atoms with Crippen LogP contribution in [0.25, 0.3) is 0 Å². The van der Waals surface area contributed by atoms with Crippen LogP contribution in [0.4, 0.5) is 0 Å². The highest BCUT2D eigenvalue weighted by Crippen LogP contribution is 2.01. The smallest absolute Gasteiger partial charge is 0.0466 e. The maximum atomic E-state index is 5.30. The molecule has 0 radical (unpaired) electrons. The van der Waals surface area contributed by atoms with E-state index < -0.39 is 0 Å². The largest absolute Gasteiger partial charge is 0.382 e. The monoisotopic (exact) mass is 244 g/mol. The van der Waals surface area contributed by atoms with E-state index in [9.17, 15) is 0 Å². The van der Waals surface area contributed by atoms with Gasteiger partial charge in [0.25, 0.3) is 0 Å². The van der Waals surface area contributed by atoms with Crippen molar-refractivity contribution in [2.45, 2.75) is 40.0 Å². The summed E-state index contributed by atoms with van der Waals surface area (Å²) in [6.45, 7) is 12.9. The van der Waals surface area contributed by atoms with Gasteiger partial charge in [0.1, 0.15) is 0 Å². The summed E-state index contributed by atoms with van der Waals surface area (Å²) >= 11 is 0. The summed E-state index contributed by atoms with van der Waals surface area (Å²) in [5.41, 5.74) is 0. The Morgan fingerprint density at radius 1 is 1.18 bits per heavy atom. The van der Waals surface area contributed by atoms with Gasteiger partial charge in [0.2, 0.25) is 0 Å². The minimum atomic E-state index is 0.811. The van der Waals surface area contributed by atoms with Gasteiger partial charge in [-0.1, -0.05) is 20.3 Å². The predicted octanol–water partition coefficient (Wildman–Crippen LogP) is 2.37. The Morgan fingerprint density at radius 3 is 2.59 bits per heavy atom. The number of hydrogen-bond acceptors (Lipinski definition) is 3. The summed E-state index contributed by atoms with van der Waals surface area (Å²) in [6, 6.07) is 0. The van der Waals surface area contributed by atoms with Crippen LogP contribution >= 0.6 is 0 Å². The van der Waals surface area contributed by atoms with Gasteiger partial charge in [0.05, 0.1) is 0 Å². The minimum absolute atomic E-state index is 0.811. The summed E-state index contributed by atoms with van der Waals surface area (Å²) in [6.07, 6.45) is 3.66. The fourth-order valence-electron chi connectivity index (χ4n) is 1.75. The van der Waals surface area contributed by atoms with Gasteiger partial charge in [-0.05, 0) is 39.3 Å². The van der Waals surface area contributed by atoms with Gasteiger partial charge in [0, 0.05) is 32.8 Å². The fraction of sp³-hybridized carbons (Fsp3) is 1.00. The molecule has 1 atom stereocenters.